The summed E-state index contributed by atoms with van der Waals surface area (Å²) in [5, 5.41) is 22.2. The van der Waals surface area contributed by atoms with Crippen LogP contribution in [0.25, 0.3) is 0 Å². The molecule has 4 N–H and O–H groups in total. The van der Waals surface area contributed by atoms with Crippen LogP contribution in [0.2, 0.25) is 0 Å². The molecular formula is C24H37F2N5O5. The van der Waals surface area contributed by atoms with Gasteiger partial charge in [-0.2, -0.15) is 5.10 Å². The third kappa shape index (κ3) is 6.92. The molecule has 2 fully saturated rings. The summed E-state index contributed by atoms with van der Waals surface area (Å²) in [6.45, 7) is 7.06. The molecule has 0 bridgehead atoms. The monoisotopic (exact) mass is 513 g/mol. The Hall–Kier alpha value is -2.76. The van der Waals surface area contributed by atoms with E-state index in [1.54, 1.807) is 34.0 Å². The summed E-state index contributed by atoms with van der Waals surface area (Å²) in [6, 6.07) is 0.383. The van der Waals surface area contributed by atoms with E-state index < -0.39 is 60.0 Å². The molecule has 12 heteroatoms. The van der Waals surface area contributed by atoms with Gasteiger partial charge in [0.25, 0.3) is 11.8 Å². The number of amides is 3. The van der Waals surface area contributed by atoms with E-state index in [-0.39, 0.29) is 17.7 Å². The van der Waals surface area contributed by atoms with Gasteiger partial charge in [-0.3, -0.25) is 14.3 Å². The van der Waals surface area contributed by atoms with E-state index in [9.17, 15) is 28.3 Å². The van der Waals surface area contributed by atoms with Gasteiger partial charge in [0.2, 0.25) is 5.91 Å². The zero-order valence-corrected chi connectivity index (χ0v) is 21.5. The van der Waals surface area contributed by atoms with E-state index in [1.165, 1.54) is 10.7 Å². The fourth-order valence-electron chi connectivity index (χ4n) is 5.07. The number of hydrogen-bond acceptors (Lipinski definition) is 6. The number of hydrogen-bond donors (Lipinski definition) is 4. The molecule has 0 aliphatic heterocycles. The van der Waals surface area contributed by atoms with Crippen LogP contribution in [0.1, 0.15) is 72.6 Å². The average Bonchev–Trinajstić information content (AvgIpc) is 3.31. The highest BCUT2D eigenvalue weighted by atomic mass is 19.3. The van der Waals surface area contributed by atoms with Crippen molar-refractivity contribution in [3.63, 3.8) is 0 Å². The van der Waals surface area contributed by atoms with Crippen molar-refractivity contribution in [2.45, 2.75) is 102 Å². The normalized spacial score (nSPS) is 21.6. The molecule has 3 rings (SSSR count). The Kier molecular flexibility index (Phi) is 7.69. The Morgan fingerprint density at radius 2 is 1.81 bits per heavy atom. The van der Waals surface area contributed by atoms with Gasteiger partial charge in [-0.25, -0.2) is 13.6 Å². The quantitative estimate of drug-likeness (QED) is 0.422. The van der Waals surface area contributed by atoms with Crippen molar-refractivity contribution in [3.8, 4) is 0 Å². The molecule has 2 aliphatic carbocycles. The zero-order valence-electron chi connectivity index (χ0n) is 21.5. The summed E-state index contributed by atoms with van der Waals surface area (Å²) in [4.78, 5) is 38.6. The smallest absolute Gasteiger partial charge is 0.408 e. The van der Waals surface area contributed by atoms with Gasteiger partial charge in [-0.15, -0.1) is 0 Å². The molecule has 1 aromatic rings. The first-order valence-electron chi connectivity index (χ1n) is 12.2. The molecule has 36 heavy (non-hydrogen) atoms. The van der Waals surface area contributed by atoms with Crippen LogP contribution < -0.4 is 16.0 Å². The number of halogens is 2. The number of aromatic nitrogens is 2. The number of nitrogens with zero attached hydrogens (tertiary/aromatic N) is 2. The summed E-state index contributed by atoms with van der Waals surface area (Å²) < 4.78 is 34.8. The molecule has 1 heterocycles. The van der Waals surface area contributed by atoms with Gasteiger partial charge < -0.3 is 25.8 Å². The molecule has 2 atom stereocenters. The highest BCUT2D eigenvalue weighted by Crippen LogP contribution is 2.48. The molecule has 2 saturated carbocycles. The number of rotatable bonds is 8. The summed E-state index contributed by atoms with van der Waals surface area (Å²) >= 11 is 0. The van der Waals surface area contributed by atoms with E-state index in [2.05, 4.69) is 21.0 Å². The van der Waals surface area contributed by atoms with E-state index in [0.717, 1.165) is 25.7 Å². The average molecular weight is 514 g/mol. The second-order valence-corrected chi connectivity index (χ2v) is 11.5. The minimum absolute atomic E-state index is 0.132. The molecule has 0 saturated heterocycles. The van der Waals surface area contributed by atoms with Crippen LogP contribution in [-0.4, -0.2) is 62.0 Å². The number of aryl methyl sites for hydroxylation is 1. The third-order valence-electron chi connectivity index (χ3n) is 6.77. The Balaban J connectivity index is 1.78. The summed E-state index contributed by atoms with van der Waals surface area (Å²) in [5.74, 6) is -4.75. The minimum atomic E-state index is -3.16. The molecule has 10 nitrogen and oxygen atoms in total. The highest BCUT2D eigenvalue weighted by molar-refractivity contribution is 5.95. The van der Waals surface area contributed by atoms with Crippen LogP contribution >= 0.6 is 0 Å². The lowest BCUT2D eigenvalue weighted by Gasteiger charge is -2.50. The second kappa shape index (κ2) is 9.95. The first kappa shape index (κ1) is 27.8. The second-order valence-electron chi connectivity index (χ2n) is 11.5. The summed E-state index contributed by atoms with van der Waals surface area (Å²) in [5.41, 5.74) is -2.94. The molecular weight excluding hydrogens is 476 g/mol. The lowest BCUT2D eigenvalue weighted by Crippen LogP contribution is -2.72. The number of anilines is 1. The maximum Gasteiger partial charge on any atom is 0.408 e. The number of ether oxygens (including phenoxy) is 1. The van der Waals surface area contributed by atoms with Gasteiger partial charge in [0.15, 0.2) is 11.9 Å². The topological polar surface area (TPSA) is 135 Å². The molecule has 2 aliphatic rings. The van der Waals surface area contributed by atoms with E-state index >= 15 is 0 Å². The SMILES string of the molecule is Cn1ccc(NC(=O)C(O)C2(NC(=O)C(CC3(C)CCCC3)NC(=O)OC(C)(C)C)CC(F)(F)C2)n1. The maximum atomic E-state index is 14.0. The molecule has 0 radical (unpaired) electrons. The lowest BCUT2D eigenvalue weighted by molar-refractivity contribution is -0.177. The van der Waals surface area contributed by atoms with Gasteiger partial charge >= 0.3 is 6.09 Å². The molecule has 2 unspecified atom stereocenters. The van der Waals surface area contributed by atoms with Crippen molar-refractivity contribution in [2.75, 3.05) is 5.32 Å². The maximum absolute atomic E-state index is 14.0. The molecule has 0 spiro atoms. The zero-order chi connectivity index (χ0) is 26.9. The van der Waals surface area contributed by atoms with Crippen molar-refractivity contribution < 1.29 is 33.0 Å². The van der Waals surface area contributed by atoms with Crippen LogP contribution in [0.15, 0.2) is 12.3 Å². The number of nitrogens with one attached hydrogen (secondary N) is 3. The van der Waals surface area contributed by atoms with Crippen LogP contribution in [0.3, 0.4) is 0 Å². The first-order chi connectivity index (χ1) is 16.5. The Labute approximate surface area is 209 Å². The van der Waals surface area contributed by atoms with E-state index in [0.29, 0.717) is 0 Å². The predicted molar refractivity (Wildman–Crippen MR) is 127 cm³/mol. The number of alkyl halides is 2. The fraction of sp³-hybridized carbons (Fsp3) is 0.750. The van der Waals surface area contributed by atoms with Gasteiger partial charge in [-0.05, 0) is 45.4 Å². The van der Waals surface area contributed by atoms with E-state index in [4.69, 9.17) is 4.74 Å². The standard InChI is InChI=1S/C24H37F2N5O5/c1-21(2,3)36-20(35)27-15(12-22(4)9-6-7-10-22)18(33)29-23(13-24(25,26)14-23)17(32)19(34)28-16-8-11-31(5)30-16/h8,11,15,17,32H,6-7,9-10,12-14H2,1-5H3,(H,27,35)(H,29,33)(H,28,30,34). The lowest BCUT2D eigenvalue weighted by atomic mass is 9.69. The Bertz CT molecular complexity index is 976. The molecule has 202 valence electrons. The van der Waals surface area contributed by atoms with Crippen molar-refractivity contribution in [3.05, 3.63) is 12.3 Å². The number of alkyl carbamates (subject to hydrolysis) is 1. The molecule has 3 amide bonds. The predicted octanol–water partition coefficient (Wildman–Crippen LogP) is 2.87. The van der Waals surface area contributed by atoms with Gasteiger partial charge in [-0.1, -0.05) is 19.8 Å². The van der Waals surface area contributed by atoms with Gasteiger partial charge in [0, 0.05) is 32.2 Å². The molecule has 0 aromatic carbocycles. The van der Waals surface area contributed by atoms with Crippen LogP contribution in [-0.2, 0) is 21.4 Å². The van der Waals surface area contributed by atoms with Crippen molar-refractivity contribution in [2.24, 2.45) is 12.5 Å². The summed E-state index contributed by atoms with van der Waals surface area (Å²) in [6.07, 6.45) is 0.889. The Morgan fingerprint density at radius 1 is 1.19 bits per heavy atom. The van der Waals surface area contributed by atoms with Crippen molar-refractivity contribution >= 4 is 23.7 Å². The van der Waals surface area contributed by atoms with Gasteiger partial charge in [0.1, 0.15) is 11.6 Å². The minimum Gasteiger partial charge on any atom is -0.444 e. The number of carbonyl (C=O) groups is 3. The van der Waals surface area contributed by atoms with Crippen LogP contribution in [0.4, 0.5) is 19.4 Å². The van der Waals surface area contributed by atoms with Crippen LogP contribution in [0.5, 0.6) is 0 Å². The van der Waals surface area contributed by atoms with E-state index in [1.807, 2.05) is 6.92 Å². The number of aliphatic hydroxyl groups is 1. The van der Waals surface area contributed by atoms with Gasteiger partial charge in [0.05, 0.1) is 5.54 Å². The highest BCUT2D eigenvalue weighted by Gasteiger charge is 2.63. The number of carbonyl (C=O) groups excluding carboxylic acids is 3. The van der Waals surface area contributed by atoms with Crippen molar-refractivity contribution in [1.82, 2.24) is 20.4 Å². The summed E-state index contributed by atoms with van der Waals surface area (Å²) in [7, 11) is 1.63. The molecule has 1 aromatic heterocycles. The third-order valence-corrected chi connectivity index (χ3v) is 6.77. The largest absolute Gasteiger partial charge is 0.444 e. The van der Waals surface area contributed by atoms with Crippen molar-refractivity contribution in [1.29, 1.82) is 0 Å². The first-order valence-corrected chi connectivity index (χ1v) is 12.2. The van der Waals surface area contributed by atoms with Crippen LogP contribution in [0, 0.1) is 5.41 Å². The number of aliphatic hydroxyl groups excluding tert-OH is 1. The Morgan fingerprint density at radius 3 is 2.31 bits per heavy atom. The fourth-order valence-corrected chi connectivity index (χ4v) is 5.07.